The Kier molecular flexibility index (Phi) is 7.23. The van der Waals surface area contributed by atoms with Crippen LogP contribution in [0.25, 0.3) is 0 Å². The van der Waals surface area contributed by atoms with Gasteiger partial charge in [0.2, 0.25) is 5.91 Å². The molecule has 0 aliphatic rings. The molecule has 1 aromatic rings. The number of phenols is 1. The summed E-state index contributed by atoms with van der Waals surface area (Å²) in [5, 5.41) is 21.6. The lowest BCUT2D eigenvalue weighted by Crippen LogP contribution is -2.31. The summed E-state index contributed by atoms with van der Waals surface area (Å²) in [6.07, 6.45) is 1.97. The van der Waals surface area contributed by atoms with E-state index in [9.17, 15) is 9.90 Å². The van der Waals surface area contributed by atoms with Gasteiger partial charge in [-0.15, -0.1) is 0 Å². The van der Waals surface area contributed by atoms with Crippen LogP contribution in [0.3, 0.4) is 0 Å². The SMILES string of the molecule is Cc1ccc(CC(=O)NCC(CCO)CC(C)C)cc1O. The summed E-state index contributed by atoms with van der Waals surface area (Å²) in [4.78, 5) is 11.9. The van der Waals surface area contributed by atoms with Gasteiger partial charge in [0.15, 0.2) is 0 Å². The highest BCUT2D eigenvalue weighted by atomic mass is 16.3. The quantitative estimate of drug-likeness (QED) is 0.689. The first-order chi connectivity index (χ1) is 9.92. The van der Waals surface area contributed by atoms with Crippen molar-refractivity contribution in [2.75, 3.05) is 13.2 Å². The zero-order valence-electron chi connectivity index (χ0n) is 13.2. The molecule has 0 aliphatic heterocycles. The van der Waals surface area contributed by atoms with Gasteiger partial charge in [-0.2, -0.15) is 0 Å². The van der Waals surface area contributed by atoms with Crippen molar-refractivity contribution in [3.8, 4) is 5.75 Å². The van der Waals surface area contributed by atoms with Crippen LogP contribution < -0.4 is 5.32 Å². The summed E-state index contributed by atoms with van der Waals surface area (Å²) in [7, 11) is 0. The largest absolute Gasteiger partial charge is 0.508 e. The van der Waals surface area contributed by atoms with Gasteiger partial charge in [-0.05, 0) is 48.8 Å². The molecule has 0 spiro atoms. The molecule has 21 heavy (non-hydrogen) atoms. The normalized spacial score (nSPS) is 12.4. The number of aliphatic hydroxyl groups excluding tert-OH is 1. The minimum Gasteiger partial charge on any atom is -0.508 e. The van der Waals surface area contributed by atoms with Gasteiger partial charge >= 0.3 is 0 Å². The average molecular weight is 293 g/mol. The van der Waals surface area contributed by atoms with Crippen LogP contribution in [-0.4, -0.2) is 29.3 Å². The predicted molar refractivity (Wildman–Crippen MR) is 84.2 cm³/mol. The molecule has 0 aromatic heterocycles. The van der Waals surface area contributed by atoms with E-state index in [1.165, 1.54) is 0 Å². The second kappa shape index (κ2) is 8.67. The van der Waals surface area contributed by atoms with E-state index in [2.05, 4.69) is 19.2 Å². The highest BCUT2D eigenvalue weighted by molar-refractivity contribution is 5.78. The van der Waals surface area contributed by atoms with Crippen LogP contribution in [-0.2, 0) is 11.2 Å². The first-order valence-electron chi connectivity index (χ1n) is 7.58. The van der Waals surface area contributed by atoms with Crippen molar-refractivity contribution in [2.45, 2.75) is 40.0 Å². The van der Waals surface area contributed by atoms with Crippen LogP contribution in [0.15, 0.2) is 18.2 Å². The van der Waals surface area contributed by atoms with Crippen LogP contribution in [0, 0.1) is 18.8 Å². The highest BCUT2D eigenvalue weighted by Crippen LogP contribution is 2.18. The topological polar surface area (TPSA) is 69.6 Å². The third kappa shape index (κ3) is 6.63. The number of hydrogen-bond acceptors (Lipinski definition) is 3. The van der Waals surface area contributed by atoms with Crippen molar-refractivity contribution in [3.63, 3.8) is 0 Å². The van der Waals surface area contributed by atoms with Crippen molar-refractivity contribution in [3.05, 3.63) is 29.3 Å². The maximum atomic E-state index is 11.9. The molecule has 0 heterocycles. The molecule has 1 rings (SSSR count). The molecule has 0 saturated carbocycles. The van der Waals surface area contributed by atoms with Crippen molar-refractivity contribution in [1.29, 1.82) is 0 Å². The maximum Gasteiger partial charge on any atom is 0.224 e. The summed E-state index contributed by atoms with van der Waals surface area (Å²) in [6.45, 7) is 6.85. The number of carbonyl (C=O) groups excluding carboxylic acids is 1. The van der Waals surface area contributed by atoms with Crippen LogP contribution in [0.5, 0.6) is 5.75 Å². The highest BCUT2D eigenvalue weighted by Gasteiger charge is 2.12. The van der Waals surface area contributed by atoms with Crippen LogP contribution in [0.1, 0.15) is 37.8 Å². The van der Waals surface area contributed by atoms with E-state index < -0.39 is 0 Å². The fraction of sp³-hybridized carbons (Fsp3) is 0.588. The minimum absolute atomic E-state index is 0.0510. The minimum atomic E-state index is -0.0510. The van der Waals surface area contributed by atoms with Gasteiger partial charge in [-0.3, -0.25) is 4.79 Å². The van der Waals surface area contributed by atoms with E-state index in [4.69, 9.17) is 5.11 Å². The van der Waals surface area contributed by atoms with Crippen molar-refractivity contribution in [2.24, 2.45) is 11.8 Å². The summed E-state index contributed by atoms with van der Waals surface area (Å²) in [5.41, 5.74) is 1.61. The number of aromatic hydroxyl groups is 1. The number of aryl methyl sites for hydroxylation is 1. The van der Waals surface area contributed by atoms with E-state index in [-0.39, 0.29) is 24.7 Å². The molecular weight excluding hydrogens is 266 g/mol. The molecule has 1 amide bonds. The fourth-order valence-electron chi connectivity index (χ4n) is 2.42. The summed E-state index contributed by atoms with van der Waals surface area (Å²) < 4.78 is 0. The van der Waals surface area contributed by atoms with Crippen molar-refractivity contribution in [1.82, 2.24) is 5.32 Å². The number of benzene rings is 1. The lowest BCUT2D eigenvalue weighted by Gasteiger charge is -2.18. The first-order valence-corrected chi connectivity index (χ1v) is 7.58. The molecule has 0 fully saturated rings. The zero-order chi connectivity index (χ0) is 15.8. The maximum absolute atomic E-state index is 11.9. The number of hydrogen-bond donors (Lipinski definition) is 3. The predicted octanol–water partition coefficient (Wildman–Crippen LogP) is 2.40. The molecule has 4 nitrogen and oxygen atoms in total. The Bertz CT molecular complexity index is 457. The smallest absolute Gasteiger partial charge is 0.224 e. The number of carbonyl (C=O) groups is 1. The van der Waals surface area contributed by atoms with Crippen molar-refractivity contribution < 1.29 is 15.0 Å². The van der Waals surface area contributed by atoms with Gasteiger partial charge < -0.3 is 15.5 Å². The van der Waals surface area contributed by atoms with Crippen LogP contribution in [0.2, 0.25) is 0 Å². The summed E-state index contributed by atoms with van der Waals surface area (Å²) in [6, 6.07) is 5.30. The Labute approximate surface area is 127 Å². The Hall–Kier alpha value is -1.55. The number of phenolic OH excluding ortho intramolecular Hbond substituents is 1. The second-order valence-electron chi connectivity index (χ2n) is 6.11. The first kappa shape index (κ1) is 17.5. The van der Waals surface area contributed by atoms with Gasteiger partial charge in [0.05, 0.1) is 6.42 Å². The molecule has 1 atom stereocenters. The molecule has 0 aliphatic carbocycles. The number of aliphatic hydroxyl groups is 1. The summed E-state index contributed by atoms with van der Waals surface area (Å²) in [5.74, 6) is 1.03. The lowest BCUT2D eigenvalue weighted by molar-refractivity contribution is -0.120. The van der Waals surface area contributed by atoms with E-state index in [1.54, 1.807) is 6.07 Å². The molecule has 0 saturated heterocycles. The van der Waals surface area contributed by atoms with Crippen LogP contribution >= 0.6 is 0 Å². The third-order valence-corrected chi connectivity index (χ3v) is 3.57. The fourth-order valence-corrected chi connectivity index (χ4v) is 2.42. The average Bonchev–Trinajstić information content (AvgIpc) is 2.40. The second-order valence-corrected chi connectivity index (χ2v) is 6.11. The van der Waals surface area contributed by atoms with E-state index in [0.717, 1.165) is 17.5 Å². The van der Waals surface area contributed by atoms with E-state index in [0.29, 0.717) is 24.8 Å². The summed E-state index contributed by atoms with van der Waals surface area (Å²) >= 11 is 0. The molecule has 118 valence electrons. The van der Waals surface area contributed by atoms with Gasteiger partial charge in [-0.1, -0.05) is 26.0 Å². The van der Waals surface area contributed by atoms with Crippen molar-refractivity contribution >= 4 is 5.91 Å². The molecule has 0 radical (unpaired) electrons. The molecule has 1 unspecified atom stereocenters. The Morgan fingerprint density at radius 1 is 1.33 bits per heavy atom. The number of nitrogens with one attached hydrogen (secondary N) is 1. The van der Waals surface area contributed by atoms with Crippen LogP contribution in [0.4, 0.5) is 0 Å². The standard InChI is InChI=1S/C17H27NO3/c1-12(2)8-15(6-7-19)11-18-17(21)10-14-5-4-13(3)16(20)9-14/h4-5,9,12,15,19-20H,6-8,10-11H2,1-3H3,(H,18,21). The Balaban J connectivity index is 2.46. The Morgan fingerprint density at radius 3 is 2.62 bits per heavy atom. The van der Waals surface area contributed by atoms with Gasteiger partial charge in [0, 0.05) is 13.2 Å². The lowest BCUT2D eigenvalue weighted by atomic mass is 9.94. The monoisotopic (exact) mass is 293 g/mol. The Morgan fingerprint density at radius 2 is 2.05 bits per heavy atom. The molecule has 1 aromatic carbocycles. The molecular formula is C17H27NO3. The third-order valence-electron chi connectivity index (χ3n) is 3.57. The molecule has 4 heteroatoms. The number of rotatable bonds is 8. The zero-order valence-corrected chi connectivity index (χ0v) is 13.2. The number of amides is 1. The van der Waals surface area contributed by atoms with Gasteiger partial charge in [-0.25, -0.2) is 0 Å². The molecule has 0 bridgehead atoms. The molecule has 3 N–H and O–H groups in total. The van der Waals surface area contributed by atoms with Gasteiger partial charge in [0.25, 0.3) is 0 Å². The van der Waals surface area contributed by atoms with Gasteiger partial charge in [0.1, 0.15) is 5.75 Å². The van der Waals surface area contributed by atoms with E-state index in [1.807, 2.05) is 19.1 Å². The van der Waals surface area contributed by atoms with E-state index >= 15 is 0 Å².